The number of halogens is 3. The molecule has 0 saturated heterocycles. The van der Waals surface area contributed by atoms with Gasteiger partial charge in [0.25, 0.3) is 5.91 Å². The van der Waals surface area contributed by atoms with Gasteiger partial charge in [-0.05, 0) is 46.3 Å². The fourth-order valence-corrected chi connectivity index (χ4v) is 2.16. The van der Waals surface area contributed by atoms with Gasteiger partial charge in [0, 0.05) is 4.47 Å². The second-order valence-electron chi connectivity index (χ2n) is 3.86. The van der Waals surface area contributed by atoms with Gasteiger partial charge in [-0.15, -0.1) is 0 Å². The maximum absolute atomic E-state index is 13.0. The zero-order valence-electron chi connectivity index (χ0n) is 9.95. The molecule has 6 heteroatoms. The largest absolute Gasteiger partial charge is 0.321 e. The topological polar surface area (TPSA) is 52.9 Å². The number of benzene rings is 2. The minimum atomic E-state index is -0.542. The van der Waals surface area contributed by atoms with Crippen LogP contribution in [0.1, 0.15) is 15.9 Å². The van der Waals surface area contributed by atoms with Crippen molar-refractivity contribution in [3.8, 4) is 6.07 Å². The Morgan fingerprint density at radius 3 is 2.80 bits per heavy atom. The Hall–Kier alpha value is -1.90. The minimum absolute atomic E-state index is 0.0458. The van der Waals surface area contributed by atoms with E-state index in [-0.39, 0.29) is 21.8 Å². The van der Waals surface area contributed by atoms with Gasteiger partial charge in [-0.3, -0.25) is 4.79 Å². The third-order valence-corrected chi connectivity index (χ3v) is 3.84. The van der Waals surface area contributed by atoms with Crippen LogP contribution >= 0.6 is 27.5 Å². The SMILES string of the molecule is N#Cc1cc(F)ccc1NC(=O)c1cccc(Br)c1Cl. The molecule has 0 heterocycles. The zero-order chi connectivity index (χ0) is 14.7. The number of carbonyl (C=O) groups is 1. The van der Waals surface area contributed by atoms with Crippen LogP contribution in [0.15, 0.2) is 40.9 Å². The van der Waals surface area contributed by atoms with Gasteiger partial charge >= 0.3 is 0 Å². The van der Waals surface area contributed by atoms with Gasteiger partial charge in [0.05, 0.1) is 21.8 Å². The first-order valence-corrected chi connectivity index (χ1v) is 6.65. The maximum atomic E-state index is 13.0. The smallest absolute Gasteiger partial charge is 0.257 e. The molecule has 0 aliphatic carbocycles. The minimum Gasteiger partial charge on any atom is -0.321 e. The molecule has 0 aliphatic rings. The van der Waals surface area contributed by atoms with E-state index in [9.17, 15) is 9.18 Å². The van der Waals surface area contributed by atoms with Crippen LogP contribution in [-0.2, 0) is 0 Å². The maximum Gasteiger partial charge on any atom is 0.257 e. The average Bonchev–Trinajstić information content (AvgIpc) is 2.43. The Labute approximate surface area is 128 Å². The molecule has 3 nitrogen and oxygen atoms in total. The number of amides is 1. The number of hydrogen-bond acceptors (Lipinski definition) is 2. The molecule has 2 aromatic rings. The molecule has 0 spiro atoms. The first kappa shape index (κ1) is 14.5. The first-order valence-electron chi connectivity index (χ1n) is 5.48. The van der Waals surface area contributed by atoms with Gasteiger partial charge in [0.15, 0.2) is 0 Å². The highest BCUT2D eigenvalue weighted by Crippen LogP contribution is 2.27. The number of rotatable bonds is 2. The van der Waals surface area contributed by atoms with E-state index >= 15 is 0 Å². The van der Waals surface area contributed by atoms with Crippen molar-refractivity contribution >= 4 is 39.1 Å². The molecular weight excluding hydrogens is 347 g/mol. The standard InChI is InChI=1S/C14H7BrClFN2O/c15-11-3-1-2-10(13(11)16)14(20)19-12-5-4-9(17)6-8(12)7-18/h1-6H,(H,19,20). The molecule has 0 aromatic heterocycles. The molecule has 0 radical (unpaired) electrons. The van der Waals surface area contributed by atoms with Crippen molar-refractivity contribution in [2.75, 3.05) is 5.32 Å². The molecule has 0 bridgehead atoms. The predicted octanol–water partition coefficient (Wildman–Crippen LogP) is 4.37. The van der Waals surface area contributed by atoms with Crippen LogP contribution in [0.25, 0.3) is 0 Å². The molecular formula is C14H7BrClFN2O. The van der Waals surface area contributed by atoms with Gasteiger partial charge in [-0.25, -0.2) is 4.39 Å². The van der Waals surface area contributed by atoms with Crippen LogP contribution in [0.2, 0.25) is 5.02 Å². The summed E-state index contributed by atoms with van der Waals surface area (Å²) in [7, 11) is 0. The van der Waals surface area contributed by atoms with Crippen molar-refractivity contribution in [1.29, 1.82) is 5.26 Å². The molecule has 1 amide bonds. The monoisotopic (exact) mass is 352 g/mol. The molecule has 0 saturated carbocycles. The lowest BCUT2D eigenvalue weighted by molar-refractivity contribution is 0.102. The van der Waals surface area contributed by atoms with Crippen LogP contribution in [0.3, 0.4) is 0 Å². The van der Waals surface area contributed by atoms with Gasteiger partial charge in [-0.2, -0.15) is 5.26 Å². The second-order valence-corrected chi connectivity index (χ2v) is 5.09. The van der Waals surface area contributed by atoms with Crippen molar-refractivity contribution in [3.05, 3.63) is 62.8 Å². The average molecular weight is 354 g/mol. The Morgan fingerprint density at radius 1 is 1.35 bits per heavy atom. The van der Waals surface area contributed by atoms with E-state index in [0.717, 1.165) is 6.07 Å². The summed E-state index contributed by atoms with van der Waals surface area (Å²) in [6.45, 7) is 0. The summed E-state index contributed by atoms with van der Waals surface area (Å²) in [6.07, 6.45) is 0. The third-order valence-electron chi connectivity index (χ3n) is 2.55. The summed E-state index contributed by atoms with van der Waals surface area (Å²) in [5, 5.41) is 11.7. The van der Waals surface area contributed by atoms with Crippen LogP contribution < -0.4 is 5.32 Å². The number of hydrogen-bond donors (Lipinski definition) is 1. The van der Waals surface area contributed by atoms with Crippen molar-refractivity contribution in [1.82, 2.24) is 0 Å². The fourth-order valence-electron chi connectivity index (χ4n) is 1.59. The van der Waals surface area contributed by atoms with E-state index in [4.69, 9.17) is 16.9 Å². The van der Waals surface area contributed by atoms with Crippen molar-refractivity contribution in [2.24, 2.45) is 0 Å². The molecule has 0 aliphatic heterocycles. The van der Waals surface area contributed by atoms with E-state index in [1.165, 1.54) is 12.1 Å². The molecule has 1 N–H and O–H groups in total. The lowest BCUT2D eigenvalue weighted by atomic mass is 10.1. The summed E-state index contributed by atoms with van der Waals surface area (Å²) < 4.78 is 13.6. The number of nitriles is 1. The van der Waals surface area contributed by atoms with Crippen LogP contribution in [0.5, 0.6) is 0 Å². The van der Waals surface area contributed by atoms with Gasteiger partial charge < -0.3 is 5.32 Å². The lowest BCUT2D eigenvalue weighted by Crippen LogP contribution is -2.13. The zero-order valence-corrected chi connectivity index (χ0v) is 12.3. The summed E-state index contributed by atoms with van der Waals surface area (Å²) in [5.74, 6) is -1.01. The van der Waals surface area contributed by atoms with E-state index in [0.29, 0.717) is 4.47 Å². The van der Waals surface area contributed by atoms with Gasteiger partial charge in [-0.1, -0.05) is 17.7 Å². The number of nitrogens with zero attached hydrogens (tertiary/aromatic N) is 1. The van der Waals surface area contributed by atoms with E-state index < -0.39 is 11.7 Å². The van der Waals surface area contributed by atoms with E-state index in [2.05, 4.69) is 21.2 Å². The number of nitrogens with one attached hydrogen (secondary N) is 1. The molecule has 0 atom stereocenters. The quantitative estimate of drug-likeness (QED) is 0.872. The highest BCUT2D eigenvalue weighted by Gasteiger charge is 2.14. The van der Waals surface area contributed by atoms with Crippen molar-refractivity contribution < 1.29 is 9.18 Å². The molecule has 2 aromatic carbocycles. The van der Waals surface area contributed by atoms with Gasteiger partial charge in [0.1, 0.15) is 11.9 Å². The van der Waals surface area contributed by atoms with Crippen LogP contribution in [-0.4, -0.2) is 5.91 Å². The third kappa shape index (κ3) is 2.98. The summed E-state index contributed by atoms with van der Waals surface area (Å²) in [5.41, 5.74) is 0.536. The molecule has 0 unspecified atom stereocenters. The van der Waals surface area contributed by atoms with Crippen molar-refractivity contribution in [3.63, 3.8) is 0 Å². The molecule has 2 rings (SSSR count). The summed E-state index contributed by atoms with van der Waals surface area (Å²) in [6, 6.07) is 10.3. The Bertz CT molecular complexity index is 728. The molecule has 20 heavy (non-hydrogen) atoms. The molecule has 100 valence electrons. The van der Waals surface area contributed by atoms with E-state index in [1.54, 1.807) is 18.2 Å². The van der Waals surface area contributed by atoms with Crippen LogP contribution in [0, 0.1) is 17.1 Å². The lowest BCUT2D eigenvalue weighted by Gasteiger charge is -2.09. The first-order chi connectivity index (χ1) is 9.52. The summed E-state index contributed by atoms with van der Waals surface area (Å²) in [4.78, 5) is 12.1. The van der Waals surface area contributed by atoms with Crippen LogP contribution in [0.4, 0.5) is 10.1 Å². The van der Waals surface area contributed by atoms with Gasteiger partial charge in [0.2, 0.25) is 0 Å². The summed E-state index contributed by atoms with van der Waals surface area (Å²) >= 11 is 9.24. The molecule has 0 fully saturated rings. The normalized spacial score (nSPS) is 9.90. The van der Waals surface area contributed by atoms with E-state index in [1.807, 2.05) is 6.07 Å². The van der Waals surface area contributed by atoms with Crippen molar-refractivity contribution in [2.45, 2.75) is 0 Å². The predicted molar refractivity (Wildman–Crippen MR) is 78.2 cm³/mol. The Morgan fingerprint density at radius 2 is 2.10 bits per heavy atom. The Kier molecular flexibility index (Phi) is 4.38. The number of anilines is 1. The highest BCUT2D eigenvalue weighted by molar-refractivity contribution is 9.10. The fraction of sp³-hybridized carbons (Fsp3) is 0. The second kappa shape index (κ2) is 6.04. The Balaban J connectivity index is 2.33. The highest BCUT2D eigenvalue weighted by atomic mass is 79.9. The number of carbonyl (C=O) groups excluding carboxylic acids is 1.